The summed E-state index contributed by atoms with van der Waals surface area (Å²) in [5.74, 6) is -0.558. The molecule has 0 atom stereocenters. The monoisotopic (exact) mass is 269 g/mol. The number of aromatic amines is 1. The van der Waals surface area contributed by atoms with E-state index in [0.29, 0.717) is 17.1 Å². The first-order valence-electron chi connectivity index (χ1n) is 5.91. The maximum atomic E-state index is 11.1. The van der Waals surface area contributed by atoms with E-state index >= 15 is 0 Å². The fourth-order valence-electron chi connectivity index (χ4n) is 2.09. The first kappa shape index (κ1) is 12.2. The van der Waals surface area contributed by atoms with Crippen LogP contribution in [-0.4, -0.2) is 33.1 Å². The fraction of sp³-hybridized carbons (Fsp3) is 0.0714. The molecule has 0 aliphatic rings. The Kier molecular flexibility index (Phi) is 2.83. The molecule has 20 heavy (non-hydrogen) atoms. The second-order valence-electron chi connectivity index (χ2n) is 4.15. The summed E-state index contributed by atoms with van der Waals surface area (Å²) in [6, 6.07) is 6.67. The Morgan fingerprint density at radius 1 is 1.30 bits per heavy atom. The molecule has 0 amide bonds. The Balaban J connectivity index is 2.29. The largest absolute Gasteiger partial charge is 0.494 e. The van der Waals surface area contributed by atoms with E-state index in [1.807, 2.05) is 6.07 Å². The number of ether oxygens (including phenoxy) is 1. The van der Waals surface area contributed by atoms with Gasteiger partial charge >= 0.3 is 5.97 Å². The summed E-state index contributed by atoms with van der Waals surface area (Å²) < 4.78 is 5.27. The van der Waals surface area contributed by atoms with Crippen molar-refractivity contribution < 1.29 is 14.6 Å². The highest BCUT2D eigenvalue weighted by Crippen LogP contribution is 2.32. The minimum Gasteiger partial charge on any atom is -0.494 e. The number of carboxylic acid groups (broad SMARTS) is 1. The van der Waals surface area contributed by atoms with Crippen LogP contribution in [0, 0.1) is 0 Å². The Morgan fingerprint density at radius 3 is 2.90 bits per heavy atom. The van der Waals surface area contributed by atoms with Crippen LogP contribution in [0.5, 0.6) is 5.75 Å². The third-order valence-electron chi connectivity index (χ3n) is 3.01. The first-order valence-corrected chi connectivity index (χ1v) is 5.91. The smallest absolute Gasteiger partial charge is 0.354 e. The van der Waals surface area contributed by atoms with Gasteiger partial charge in [0.2, 0.25) is 0 Å². The number of rotatable bonds is 3. The molecule has 6 nitrogen and oxygen atoms in total. The molecule has 0 aliphatic heterocycles. The highest BCUT2D eigenvalue weighted by Gasteiger charge is 2.15. The summed E-state index contributed by atoms with van der Waals surface area (Å²) in [5.41, 5.74) is 1.95. The van der Waals surface area contributed by atoms with Crippen LogP contribution in [0.25, 0.3) is 22.3 Å². The lowest BCUT2D eigenvalue weighted by atomic mass is 10.1. The van der Waals surface area contributed by atoms with E-state index < -0.39 is 5.97 Å². The number of aromatic carboxylic acids is 1. The van der Waals surface area contributed by atoms with Crippen molar-refractivity contribution in [3.63, 3.8) is 0 Å². The molecule has 0 bridgehead atoms. The van der Waals surface area contributed by atoms with Crippen molar-refractivity contribution in [1.29, 1.82) is 0 Å². The minimum absolute atomic E-state index is 0.0266. The molecular weight excluding hydrogens is 258 g/mol. The van der Waals surface area contributed by atoms with Gasteiger partial charge in [0.15, 0.2) is 0 Å². The van der Waals surface area contributed by atoms with Gasteiger partial charge in [-0.15, -0.1) is 0 Å². The number of carboxylic acids is 1. The van der Waals surface area contributed by atoms with Crippen molar-refractivity contribution in [2.75, 3.05) is 7.11 Å². The zero-order chi connectivity index (χ0) is 14.1. The number of nitrogens with one attached hydrogen (secondary N) is 1. The summed E-state index contributed by atoms with van der Waals surface area (Å²) in [5, 5.41) is 9.93. The van der Waals surface area contributed by atoms with Crippen LogP contribution >= 0.6 is 0 Å². The molecule has 100 valence electrons. The number of H-pyrrole nitrogens is 1. The van der Waals surface area contributed by atoms with Crippen molar-refractivity contribution >= 4 is 17.0 Å². The number of hydrogen-bond acceptors (Lipinski definition) is 4. The standard InChI is InChI=1S/C14H11N3O3/c1-20-11-3-2-10(14(18)19)17-12(11)8-4-6-15-13-9(8)5-7-16-13/h2-7H,1H3,(H,15,16)(H,18,19). The van der Waals surface area contributed by atoms with Gasteiger partial charge in [0.1, 0.15) is 22.8 Å². The number of hydrogen-bond donors (Lipinski definition) is 2. The maximum absolute atomic E-state index is 11.1. The number of pyridine rings is 2. The molecule has 0 saturated carbocycles. The third-order valence-corrected chi connectivity index (χ3v) is 3.01. The topological polar surface area (TPSA) is 88.1 Å². The van der Waals surface area contributed by atoms with Gasteiger partial charge in [-0.25, -0.2) is 14.8 Å². The van der Waals surface area contributed by atoms with E-state index in [0.717, 1.165) is 10.9 Å². The zero-order valence-electron chi connectivity index (χ0n) is 10.6. The lowest BCUT2D eigenvalue weighted by molar-refractivity contribution is 0.0690. The van der Waals surface area contributed by atoms with Crippen LogP contribution in [-0.2, 0) is 0 Å². The van der Waals surface area contributed by atoms with E-state index in [-0.39, 0.29) is 5.69 Å². The Morgan fingerprint density at radius 2 is 2.15 bits per heavy atom. The Labute approximate surface area is 114 Å². The SMILES string of the molecule is COc1ccc(C(=O)O)nc1-c1ccnc2[nH]ccc12. The van der Waals surface area contributed by atoms with Crippen LogP contribution in [0.1, 0.15) is 10.5 Å². The van der Waals surface area contributed by atoms with Crippen LogP contribution < -0.4 is 4.74 Å². The number of nitrogens with zero attached hydrogens (tertiary/aromatic N) is 2. The number of methoxy groups -OCH3 is 1. The molecule has 2 N–H and O–H groups in total. The molecule has 0 saturated heterocycles. The van der Waals surface area contributed by atoms with E-state index in [4.69, 9.17) is 9.84 Å². The summed E-state index contributed by atoms with van der Waals surface area (Å²) in [7, 11) is 1.52. The van der Waals surface area contributed by atoms with Crippen molar-refractivity contribution in [2.24, 2.45) is 0 Å². The maximum Gasteiger partial charge on any atom is 0.354 e. The molecule has 3 heterocycles. The predicted octanol–water partition coefficient (Wildman–Crippen LogP) is 2.33. The molecule has 3 aromatic heterocycles. The van der Waals surface area contributed by atoms with E-state index in [1.165, 1.54) is 13.2 Å². The fourth-order valence-corrected chi connectivity index (χ4v) is 2.09. The molecule has 0 fully saturated rings. The molecule has 6 heteroatoms. The molecular formula is C14H11N3O3. The summed E-state index contributed by atoms with van der Waals surface area (Å²) in [4.78, 5) is 22.5. The van der Waals surface area contributed by atoms with Crippen molar-refractivity contribution in [2.45, 2.75) is 0 Å². The highest BCUT2D eigenvalue weighted by atomic mass is 16.5. The van der Waals surface area contributed by atoms with Gasteiger partial charge in [-0.05, 0) is 24.3 Å². The van der Waals surface area contributed by atoms with E-state index in [2.05, 4.69) is 15.0 Å². The average molecular weight is 269 g/mol. The zero-order valence-corrected chi connectivity index (χ0v) is 10.6. The predicted molar refractivity (Wildman–Crippen MR) is 72.8 cm³/mol. The van der Waals surface area contributed by atoms with Gasteiger partial charge in [0, 0.05) is 23.3 Å². The van der Waals surface area contributed by atoms with Gasteiger partial charge in [0.25, 0.3) is 0 Å². The summed E-state index contributed by atoms with van der Waals surface area (Å²) in [6.45, 7) is 0. The quantitative estimate of drug-likeness (QED) is 0.761. The lowest BCUT2D eigenvalue weighted by Crippen LogP contribution is -2.02. The highest BCUT2D eigenvalue weighted by molar-refractivity contribution is 5.94. The molecule has 0 aliphatic carbocycles. The summed E-state index contributed by atoms with van der Waals surface area (Å²) in [6.07, 6.45) is 3.41. The number of aromatic nitrogens is 3. The van der Waals surface area contributed by atoms with E-state index in [9.17, 15) is 4.79 Å². The average Bonchev–Trinajstić information content (AvgIpc) is 2.94. The third kappa shape index (κ3) is 1.87. The van der Waals surface area contributed by atoms with Crippen molar-refractivity contribution in [1.82, 2.24) is 15.0 Å². The van der Waals surface area contributed by atoms with Crippen LogP contribution in [0.2, 0.25) is 0 Å². The minimum atomic E-state index is -1.08. The normalized spacial score (nSPS) is 10.7. The molecule has 3 rings (SSSR count). The second kappa shape index (κ2) is 4.65. The van der Waals surface area contributed by atoms with Gasteiger partial charge in [0.05, 0.1) is 7.11 Å². The first-order chi connectivity index (χ1) is 9.70. The Bertz CT molecular complexity index is 795. The number of carbonyl (C=O) groups is 1. The number of fused-ring (bicyclic) bond motifs is 1. The van der Waals surface area contributed by atoms with Crippen molar-refractivity contribution in [3.8, 4) is 17.0 Å². The molecule has 0 unspecified atom stereocenters. The van der Waals surface area contributed by atoms with Crippen LogP contribution in [0.3, 0.4) is 0 Å². The summed E-state index contributed by atoms with van der Waals surface area (Å²) >= 11 is 0. The molecule has 3 aromatic rings. The molecule has 0 aromatic carbocycles. The second-order valence-corrected chi connectivity index (χ2v) is 4.15. The van der Waals surface area contributed by atoms with Crippen LogP contribution in [0.15, 0.2) is 36.7 Å². The lowest BCUT2D eigenvalue weighted by Gasteiger charge is -2.09. The van der Waals surface area contributed by atoms with Gasteiger partial charge in [-0.3, -0.25) is 0 Å². The van der Waals surface area contributed by atoms with Crippen LogP contribution in [0.4, 0.5) is 0 Å². The molecule has 0 spiro atoms. The van der Waals surface area contributed by atoms with Gasteiger partial charge in [-0.2, -0.15) is 0 Å². The van der Waals surface area contributed by atoms with Gasteiger partial charge in [-0.1, -0.05) is 0 Å². The Hall–Kier alpha value is -2.89. The van der Waals surface area contributed by atoms with Gasteiger partial charge < -0.3 is 14.8 Å². The van der Waals surface area contributed by atoms with Crippen molar-refractivity contribution in [3.05, 3.63) is 42.4 Å². The van der Waals surface area contributed by atoms with E-state index in [1.54, 1.807) is 24.5 Å². The molecule has 0 radical (unpaired) electrons.